The highest BCUT2D eigenvalue weighted by molar-refractivity contribution is 5.40. The normalized spacial score (nSPS) is 10.5. The lowest BCUT2D eigenvalue weighted by atomic mass is 9.95. The number of hydrogen-bond acceptors (Lipinski definition) is 2. The molecule has 1 aromatic carbocycles. The van der Waals surface area contributed by atoms with Crippen molar-refractivity contribution in [3.8, 4) is 12.0 Å². The van der Waals surface area contributed by atoms with E-state index in [0.29, 0.717) is 17.6 Å². The van der Waals surface area contributed by atoms with E-state index in [2.05, 4.69) is 33.8 Å². The number of benzene rings is 1. The number of rotatable bonds is 3. The van der Waals surface area contributed by atoms with Crippen molar-refractivity contribution in [2.75, 3.05) is 0 Å². The van der Waals surface area contributed by atoms with E-state index in [1.54, 1.807) is 6.26 Å². The summed E-state index contributed by atoms with van der Waals surface area (Å²) < 4.78 is 4.94. The molecule has 0 aliphatic carbocycles. The van der Waals surface area contributed by atoms with Crippen LogP contribution in [0.3, 0.4) is 0 Å². The molecule has 0 radical (unpaired) electrons. The second-order valence-corrected chi connectivity index (χ2v) is 4.30. The van der Waals surface area contributed by atoms with Crippen LogP contribution in [0.1, 0.15) is 50.7 Å². The Morgan fingerprint density at radius 3 is 2.27 bits per heavy atom. The van der Waals surface area contributed by atoms with Crippen LogP contribution in [0.25, 0.3) is 0 Å². The molecule has 15 heavy (non-hydrogen) atoms. The van der Waals surface area contributed by atoms with Crippen LogP contribution in [-0.2, 0) is 0 Å². The average Bonchev–Trinajstić information content (AvgIpc) is 2.18. The van der Waals surface area contributed by atoms with Crippen LogP contribution in [-0.4, -0.2) is 0 Å². The van der Waals surface area contributed by atoms with Crippen LogP contribution in [0.15, 0.2) is 18.2 Å². The monoisotopic (exact) mass is 203 g/mol. The Morgan fingerprint density at radius 2 is 1.80 bits per heavy atom. The van der Waals surface area contributed by atoms with Crippen molar-refractivity contribution in [3.63, 3.8) is 0 Å². The summed E-state index contributed by atoms with van der Waals surface area (Å²) in [4.78, 5) is 0. The molecule has 0 fully saturated rings. The van der Waals surface area contributed by atoms with Gasteiger partial charge in [0.05, 0.1) is 0 Å². The summed E-state index contributed by atoms with van der Waals surface area (Å²) in [6.45, 7) is 8.52. The van der Waals surface area contributed by atoms with E-state index < -0.39 is 0 Å². The first kappa shape index (κ1) is 11.6. The molecular formula is C13H17NO. The lowest BCUT2D eigenvalue weighted by Crippen LogP contribution is -1.97. The Balaban J connectivity index is 3.16. The predicted octanol–water partition coefficient (Wildman–Crippen LogP) is 3.79. The van der Waals surface area contributed by atoms with E-state index in [9.17, 15) is 0 Å². The molecule has 0 aromatic heterocycles. The zero-order valence-electron chi connectivity index (χ0n) is 9.74. The van der Waals surface area contributed by atoms with Crippen LogP contribution in [0.5, 0.6) is 5.75 Å². The Labute approximate surface area is 91.5 Å². The van der Waals surface area contributed by atoms with E-state index in [4.69, 9.17) is 10.00 Å². The third-order valence-electron chi connectivity index (χ3n) is 2.48. The van der Waals surface area contributed by atoms with Gasteiger partial charge >= 0.3 is 0 Å². The average molecular weight is 203 g/mol. The van der Waals surface area contributed by atoms with Crippen LogP contribution < -0.4 is 4.74 Å². The van der Waals surface area contributed by atoms with Crippen LogP contribution in [0.4, 0.5) is 0 Å². The predicted molar refractivity (Wildman–Crippen MR) is 60.9 cm³/mol. The van der Waals surface area contributed by atoms with Crippen LogP contribution in [0, 0.1) is 11.5 Å². The molecule has 2 heteroatoms. The lowest BCUT2D eigenvalue weighted by molar-refractivity contribution is 0.496. The second kappa shape index (κ2) is 4.84. The van der Waals surface area contributed by atoms with Gasteiger partial charge in [0.15, 0.2) is 0 Å². The highest BCUT2D eigenvalue weighted by Crippen LogP contribution is 2.29. The van der Waals surface area contributed by atoms with E-state index in [1.807, 2.05) is 12.1 Å². The largest absolute Gasteiger partial charge is 0.388 e. The zero-order valence-corrected chi connectivity index (χ0v) is 9.74. The molecule has 2 nitrogen and oxygen atoms in total. The van der Waals surface area contributed by atoms with Crippen molar-refractivity contribution in [2.45, 2.75) is 39.5 Å². The zero-order chi connectivity index (χ0) is 11.4. The number of ether oxygens (including phenoxy) is 1. The van der Waals surface area contributed by atoms with Gasteiger partial charge in [0.2, 0.25) is 0 Å². The van der Waals surface area contributed by atoms with Gasteiger partial charge in [-0.25, -0.2) is 0 Å². The van der Waals surface area contributed by atoms with Gasteiger partial charge in [0.1, 0.15) is 5.75 Å². The molecule has 1 aromatic rings. The first-order valence-corrected chi connectivity index (χ1v) is 5.26. The maximum absolute atomic E-state index is 8.53. The van der Waals surface area contributed by atoms with Gasteiger partial charge < -0.3 is 4.74 Å². The molecule has 0 heterocycles. The van der Waals surface area contributed by atoms with Gasteiger partial charge in [-0.1, -0.05) is 39.8 Å². The van der Waals surface area contributed by atoms with E-state index in [1.165, 1.54) is 5.56 Å². The maximum Gasteiger partial charge on any atom is 0.292 e. The minimum atomic E-state index is 0.368. The fourth-order valence-corrected chi connectivity index (χ4v) is 1.52. The molecule has 0 aliphatic heterocycles. The third kappa shape index (κ3) is 2.73. The van der Waals surface area contributed by atoms with E-state index in [-0.39, 0.29) is 0 Å². The Morgan fingerprint density at radius 1 is 1.13 bits per heavy atom. The molecule has 0 amide bonds. The Hall–Kier alpha value is -1.49. The molecule has 0 spiro atoms. The summed E-state index contributed by atoms with van der Waals surface area (Å²) in [5.74, 6) is 1.54. The molecule has 0 atom stereocenters. The van der Waals surface area contributed by atoms with Crippen molar-refractivity contribution in [1.82, 2.24) is 0 Å². The van der Waals surface area contributed by atoms with Gasteiger partial charge in [-0.3, -0.25) is 0 Å². The Kier molecular flexibility index (Phi) is 3.74. The summed E-state index contributed by atoms with van der Waals surface area (Å²) in [6, 6.07) is 6.03. The van der Waals surface area contributed by atoms with Gasteiger partial charge in [-0.15, -0.1) is 5.26 Å². The summed E-state index contributed by atoms with van der Waals surface area (Å²) in [6.07, 6.45) is 1.73. The lowest BCUT2D eigenvalue weighted by Gasteiger charge is -2.13. The Bertz CT molecular complexity index is 375. The number of nitrogens with zero attached hydrogens (tertiary/aromatic N) is 1. The minimum Gasteiger partial charge on any atom is -0.388 e. The molecule has 0 saturated carbocycles. The topological polar surface area (TPSA) is 33.0 Å². The third-order valence-corrected chi connectivity index (χ3v) is 2.48. The number of hydrogen-bond donors (Lipinski definition) is 0. The molecule has 0 unspecified atom stereocenters. The molecule has 0 N–H and O–H groups in total. The highest BCUT2D eigenvalue weighted by Gasteiger charge is 2.10. The smallest absolute Gasteiger partial charge is 0.292 e. The van der Waals surface area contributed by atoms with Crippen LogP contribution >= 0.6 is 0 Å². The standard InChI is InChI=1S/C13H17NO/c1-9(2)11-5-6-13(15-8-14)12(7-11)10(3)4/h5-7,9-10H,1-4H3. The van der Waals surface area contributed by atoms with Gasteiger partial charge in [-0.05, 0) is 29.0 Å². The summed E-state index contributed by atoms with van der Waals surface area (Å²) in [7, 11) is 0. The van der Waals surface area contributed by atoms with Gasteiger partial charge in [0.25, 0.3) is 6.26 Å². The highest BCUT2D eigenvalue weighted by atomic mass is 16.5. The molecule has 80 valence electrons. The SMILES string of the molecule is CC(C)c1ccc(OC#N)c(C(C)C)c1. The summed E-state index contributed by atoms with van der Waals surface area (Å²) in [5, 5.41) is 8.53. The number of nitriles is 1. The summed E-state index contributed by atoms with van der Waals surface area (Å²) >= 11 is 0. The van der Waals surface area contributed by atoms with Gasteiger partial charge in [0, 0.05) is 0 Å². The quantitative estimate of drug-likeness (QED) is 0.700. The van der Waals surface area contributed by atoms with Crippen molar-refractivity contribution < 1.29 is 4.74 Å². The van der Waals surface area contributed by atoms with E-state index >= 15 is 0 Å². The molecule has 0 saturated heterocycles. The summed E-state index contributed by atoms with van der Waals surface area (Å²) in [5.41, 5.74) is 2.38. The van der Waals surface area contributed by atoms with Crippen molar-refractivity contribution in [1.29, 1.82) is 5.26 Å². The minimum absolute atomic E-state index is 0.368. The fraction of sp³-hybridized carbons (Fsp3) is 0.462. The molecule has 0 bridgehead atoms. The molecule has 1 rings (SSSR count). The first-order valence-electron chi connectivity index (χ1n) is 5.26. The van der Waals surface area contributed by atoms with E-state index in [0.717, 1.165) is 5.56 Å². The van der Waals surface area contributed by atoms with Gasteiger partial charge in [-0.2, -0.15) is 0 Å². The molecular weight excluding hydrogens is 186 g/mol. The second-order valence-electron chi connectivity index (χ2n) is 4.30. The van der Waals surface area contributed by atoms with Crippen molar-refractivity contribution in [2.24, 2.45) is 0 Å². The van der Waals surface area contributed by atoms with Crippen molar-refractivity contribution >= 4 is 0 Å². The molecule has 0 aliphatic rings. The van der Waals surface area contributed by atoms with Crippen molar-refractivity contribution in [3.05, 3.63) is 29.3 Å². The maximum atomic E-state index is 8.53. The van der Waals surface area contributed by atoms with Crippen LogP contribution in [0.2, 0.25) is 0 Å². The first-order chi connectivity index (χ1) is 7.06. The fourth-order valence-electron chi connectivity index (χ4n) is 1.52.